The summed E-state index contributed by atoms with van der Waals surface area (Å²) in [5.74, 6) is 0.651. The van der Waals surface area contributed by atoms with Crippen molar-refractivity contribution in [2.75, 3.05) is 6.54 Å². The average molecular weight is 316 g/mol. The van der Waals surface area contributed by atoms with E-state index in [9.17, 15) is 4.79 Å². The summed E-state index contributed by atoms with van der Waals surface area (Å²) >= 11 is 1.66. The predicted molar refractivity (Wildman–Crippen MR) is 92.1 cm³/mol. The molecule has 0 unspecified atom stereocenters. The first kappa shape index (κ1) is 16.7. The number of benzene rings is 1. The second-order valence-corrected chi connectivity index (χ2v) is 6.66. The molecule has 0 aliphatic carbocycles. The number of nitrogens with zero attached hydrogens (tertiary/aromatic N) is 2. The molecule has 2 rings (SSSR count). The molecule has 0 N–H and O–H groups in total. The summed E-state index contributed by atoms with van der Waals surface area (Å²) < 4.78 is 0. The third kappa shape index (κ3) is 4.67. The van der Waals surface area contributed by atoms with Crippen molar-refractivity contribution in [2.24, 2.45) is 0 Å². The summed E-state index contributed by atoms with van der Waals surface area (Å²) in [6.07, 6.45) is 1.27. The molecule has 0 aliphatic rings. The molecule has 1 aromatic heterocycles. The number of amides is 1. The molecule has 0 saturated heterocycles. The molecule has 0 spiro atoms. The van der Waals surface area contributed by atoms with E-state index in [1.807, 2.05) is 30.0 Å². The highest BCUT2D eigenvalue weighted by Gasteiger charge is 2.13. The third-order valence-corrected chi connectivity index (χ3v) is 4.59. The molecule has 0 aliphatic heterocycles. The van der Waals surface area contributed by atoms with Gasteiger partial charge in [0.2, 0.25) is 5.91 Å². The molecule has 0 atom stereocenters. The maximum atomic E-state index is 12.4. The van der Waals surface area contributed by atoms with E-state index in [-0.39, 0.29) is 5.91 Å². The van der Waals surface area contributed by atoms with Gasteiger partial charge in [0, 0.05) is 31.3 Å². The summed E-state index contributed by atoms with van der Waals surface area (Å²) in [5, 5.41) is 3.17. The van der Waals surface area contributed by atoms with E-state index in [1.54, 1.807) is 11.3 Å². The Kier molecular flexibility index (Phi) is 6.13. The summed E-state index contributed by atoms with van der Waals surface area (Å²) in [6, 6.07) is 10.1. The smallest absolute Gasteiger partial charge is 0.223 e. The molecule has 4 heteroatoms. The molecular weight excluding hydrogens is 292 g/mol. The highest BCUT2D eigenvalue weighted by Crippen LogP contribution is 2.19. The van der Waals surface area contributed by atoms with Gasteiger partial charge in [0.15, 0.2) is 0 Å². The molecule has 1 amide bonds. The molecule has 3 nitrogen and oxygen atoms in total. The lowest BCUT2D eigenvalue weighted by Crippen LogP contribution is -2.30. The monoisotopic (exact) mass is 316 g/mol. The van der Waals surface area contributed by atoms with Crippen LogP contribution in [0.15, 0.2) is 35.7 Å². The van der Waals surface area contributed by atoms with E-state index in [4.69, 9.17) is 0 Å². The molecule has 0 radical (unpaired) electrons. The van der Waals surface area contributed by atoms with Crippen molar-refractivity contribution in [1.82, 2.24) is 9.88 Å². The Bertz CT molecular complexity index is 592. The highest BCUT2D eigenvalue weighted by molar-refractivity contribution is 7.09. The Morgan fingerprint density at radius 2 is 2.00 bits per heavy atom. The first-order valence-corrected chi connectivity index (χ1v) is 8.74. The first-order chi connectivity index (χ1) is 10.6. The van der Waals surface area contributed by atoms with E-state index in [1.165, 1.54) is 5.56 Å². The minimum absolute atomic E-state index is 0.202. The van der Waals surface area contributed by atoms with Gasteiger partial charge >= 0.3 is 0 Å². The molecule has 0 saturated carbocycles. The standard InChI is InChI=1S/C18H24N2OS/c1-4-20(12-15-8-6-5-7-9-15)18(21)11-10-17-19-16(13-22-17)14(2)3/h5-9,13-14H,4,10-12H2,1-3H3. The van der Waals surface area contributed by atoms with Gasteiger partial charge in [-0.25, -0.2) is 4.98 Å². The molecular formula is C18H24N2OS. The van der Waals surface area contributed by atoms with Crippen LogP contribution in [0.4, 0.5) is 0 Å². The first-order valence-electron chi connectivity index (χ1n) is 7.86. The van der Waals surface area contributed by atoms with Crippen LogP contribution in [0.1, 0.15) is 49.4 Å². The zero-order valence-electron chi connectivity index (χ0n) is 13.6. The van der Waals surface area contributed by atoms with Gasteiger partial charge in [-0.1, -0.05) is 44.2 Å². The zero-order valence-corrected chi connectivity index (χ0v) is 14.4. The lowest BCUT2D eigenvalue weighted by atomic mass is 10.2. The van der Waals surface area contributed by atoms with Crippen LogP contribution in [-0.4, -0.2) is 22.3 Å². The zero-order chi connectivity index (χ0) is 15.9. The second kappa shape index (κ2) is 8.08. The van der Waals surface area contributed by atoms with E-state index >= 15 is 0 Å². The number of carbonyl (C=O) groups is 1. The molecule has 22 heavy (non-hydrogen) atoms. The van der Waals surface area contributed by atoms with Crippen molar-refractivity contribution in [3.63, 3.8) is 0 Å². The minimum Gasteiger partial charge on any atom is -0.339 e. The van der Waals surface area contributed by atoms with Crippen LogP contribution >= 0.6 is 11.3 Å². The Morgan fingerprint density at radius 1 is 1.27 bits per heavy atom. The Morgan fingerprint density at radius 3 is 2.59 bits per heavy atom. The molecule has 118 valence electrons. The summed E-state index contributed by atoms with van der Waals surface area (Å²) in [6.45, 7) is 7.74. The quantitative estimate of drug-likeness (QED) is 0.765. The number of aryl methyl sites for hydroxylation is 1. The van der Waals surface area contributed by atoms with E-state index in [0.717, 1.165) is 23.7 Å². The second-order valence-electron chi connectivity index (χ2n) is 5.71. The van der Waals surface area contributed by atoms with Gasteiger partial charge in [-0.15, -0.1) is 11.3 Å². The van der Waals surface area contributed by atoms with Crippen molar-refractivity contribution in [3.8, 4) is 0 Å². The third-order valence-electron chi connectivity index (χ3n) is 3.66. The van der Waals surface area contributed by atoms with Crippen LogP contribution < -0.4 is 0 Å². The van der Waals surface area contributed by atoms with Crippen LogP contribution in [0.5, 0.6) is 0 Å². The van der Waals surface area contributed by atoms with Crippen LogP contribution in [0.2, 0.25) is 0 Å². The summed E-state index contributed by atoms with van der Waals surface area (Å²) in [5.41, 5.74) is 2.30. The maximum absolute atomic E-state index is 12.4. The lowest BCUT2D eigenvalue weighted by molar-refractivity contribution is -0.131. The molecule has 1 aromatic carbocycles. The summed E-state index contributed by atoms with van der Waals surface area (Å²) in [7, 11) is 0. The predicted octanol–water partition coefficient (Wildman–Crippen LogP) is 4.25. The molecule has 0 fully saturated rings. The van der Waals surface area contributed by atoms with E-state index in [0.29, 0.717) is 18.9 Å². The Hall–Kier alpha value is -1.68. The lowest BCUT2D eigenvalue weighted by Gasteiger charge is -2.20. The van der Waals surface area contributed by atoms with Crippen molar-refractivity contribution < 1.29 is 4.79 Å². The fraction of sp³-hybridized carbons (Fsp3) is 0.444. The van der Waals surface area contributed by atoms with Crippen LogP contribution in [0.3, 0.4) is 0 Å². The van der Waals surface area contributed by atoms with Gasteiger partial charge in [0.25, 0.3) is 0 Å². The minimum atomic E-state index is 0.202. The van der Waals surface area contributed by atoms with E-state index in [2.05, 4.69) is 36.3 Å². The number of hydrogen-bond acceptors (Lipinski definition) is 3. The van der Waals surface area contributed by atoms with Gasteiger partial charge in [-0.2, -0.15) is 0 Å². The average Bonchev–Trinajstić information content (AvgIpc) is 3.00. The highest BCUT2D eigenvalue weighted by atomic mass is 32.1. The van der Waals surface area contributed by atoms with Crippen LogP contribution in [-0.2, 0) is 17.8 Å². The van der Waals surface area contributed by atoms with Crippen LogP contribution in [0.25, 0.3) is 0 Å². The van der Waals surface area contributed by atoms with Gasteiger partial charge < -0.3 is 4.90 Å². The number of hydrogen-bond donors (Lipinski definition) is 0. The molecule has 0 bridgehead atoms. The number of thiazole rings is 1. The maximum Gasteiger partial charge on any atom is 0.223 e. The van der Waals surface area contributed by atoms with Crippen molar-refractivity contribution in [2.45, 2.75) is 46.1 Å². The van der Waals surface area contributed by atoms with Gasteiger partial charge in [0.05, 0.1) is 10.7 Å². The van der Waals surface area contributed by atoms with Crippen molar-refractivity contribution in [3.05, 3.63) is 52.0 Å². The molecule has 2 aromatic rings. The van der Waals surface area contributed by atoms with Gasteiger partial charge in [-0.05, 0) is 18.4 Å². The Labute approximate surface area is 137 Å². The summed E-state index contributed by atoms with van der Waals surface area (Å²) in [4.78, 5) is 18.9. The SMILES string of the molecule is CCN(Cc1ccccc1)C(=O)CCc1nc(C(C)C)cs1. The van der Waals surface area contributed by atoms with Crippen molar-refractivity contribution in [1.29, 1.82) is 0 Å². The molecule has 1 heterocycles. The fourth-order valence-corrected chi connectivity index (χ4v) is 3.22. The van der Waals surface area contributed by atoms with Crippen molar-refractivity contribution >= 4 is 17.2 Å². The number of rotatable bonds is 7. The van der Waals surface area contributed by atoms with Gasteiger partial charge in [0.1, 0.15) is 0 Å². The van der Waals surface area contributed by atoms with E-state index < -0.39 is 0 Å². The topological polar surface area (TPSA) is 33.2 Å². The van der Waals surface area contributed by atoms with Gasteiger partial charge in [-0.3, -0.25) is 4.79 Å². The van der Waals surface area contributed by atoms with Crippen LogP contribution in [0, 0.1) is 0 Å². The number of carbonyl (C=O) groups excluding carboxylic acids is 1. The fourth-order valence-electron chi connectivity index (χ4n) is 2.26. The largest absolute Gasteiger partial charge is 0.339 e. The normalized spacial score (nSPS) is 10.9. The Balaban J connectivity index is 1.89. The number of aromatic nitrogens is 1.